The van der Waals surface area contributed by atoms with Crippen molar-refractivity contribution in [3.8, 4) is 5.75 Å². The Balaban J connectivity index is 1.88. The van der Waals surface area contributed by atoms with Gasteiger partial charge < -0.3 is 14.5 Å². The minimum atomic E-state index is 0.0347. The predicted molar refractivity (Wildman–Crippen MR) is 75.8 cm³/mol. The number of piperazine rings is 1. The van der Waals surface area contributed by atoms with Gasteiger partial charge in [0.15, 0.2) is 6.61 Å². The van der Waals surface area contributed by atoms with Crippen LogP contribution >= 0.6 is 11.6 Å². The van der Waals surface area contributed by atoms with Crippen LogP contribution in [-0.2, 0) is 4.79 Å². The van der Waals surface area contributed by atoms with E-state index in [4.69, 9.17) is 16.3 Å². The zero-order valence-corrected chi connectivity index (χ0v) is 12.1. The maximum absolute atomic E-state index is 12.0. The molecule has 1 aliphatic heterocycles. The van der Waals surface area contributed by atoms with Gasteiger partial charge in [-0.2, -0.15) is 0 Å². The molecule has 0 saturated carbocycles. The van der Waals surface area contributed by atoms with Crippen molar-refractivity contribution < 1.29 is 9.53 Å². The molecule has 104 valence electrons. The summed E-state index contributed by atoms with van der Waals surface area (Å²) in [4.78, 5) is 16.1. The zero-order valence-electron chi connectivity index (χ0n) is 11.4. The van der Waals surface area contributed by atoms with Crippen LogP contribution in [0.3, 0.4) is 0 Å². The summed E-state index contributed by atoms with van der Waals surface area (Å²) in [5, 5.41) is 0.618. The number of carbonyl (C=O) groups excluding carboxylic acids is 1. The minimum Gasteiger partial charge on any atom is -0.483 e. The molecule has 0 bridgehead atoms. The molecule has 0 unspecified atom stereocenters. The second kappa shape index (κ2) is 6.26. The van der Waals surface area contributed by atoms with Crippen LogP contribution in [-0.4, -0.2) is 55.5 Å². The van der Waals surface area contributed by atoms with Crippen molar-refractivity contribution in [1.82, 2.24) is 9.80 Å². The van der Waals surface area contributed by atoms with Gasteiger partial charge in [0.2, 0.25) is 0 Å². The van der Waals surface area contributed by atoms with Crippen LogP contribution < -0.4 is 4.74 Å². The summed E-state index contributed by atoms with van der Waals surface area (Å²) < 4.78 is 5.57. The normalized spacial score (nSPS) is 16.5. The number of benzene rings is 1. The van der Waals surface area contributed by atoms with Gasteiger partial charge in [-0.25, -0.2) is 0 Å². The van der Waals surface area contributed by atoms with Crippen LogP contribution in [0.1, 0.15) is 5.56 Å². The van der Waals surface area contributed by atoms with Crippen LogP contribution in [0, 0.1) is 6.92 Å². The van der Waals surface area contributed by atoms with Gasteiger partial charge in [-0.3, -0.25) is 4.79 Å². The number of halogens is 1. The Morgan fingerprint density at radius 3 is 2.68 bits per heavy atom. The first-order chi connectivity index (χ1) is 9.06. The van der Waals surface area contributed by atoms with E-state index >= 15 is 0 Å². The highest BCUT2D eigenvalue weighted by molar-refractivity contribution is 6.30. The van der Waals surface area contributed by atoms with Gasteiger partial charge in [-0.15, -0.1) is 0 Å². The Kier molecular flexibility index (Phi) is 4.66. The molecule has 0 spiro atoms. The number of ether oxygens (including phenoxy) is 1. The van der Waals surface area contributed by atoms with Crippen molar-refractivity contribution in [2.24, 2.45) is 0 Å². The van der Waals surface area contributed by atoms with Crippen LogP contribution in [0.5, 0.6) is 5.75 Å². The molecule has 0 aromatic heterocycles. The number of rotatable bonds is 3. The summed E-state index contributed by atoms with van der Waals surface area (Å²) in [5.41, 5.74) is 0.982. The first-order valence-electron chi connectivity index (χ1n) is 6.41. The topological polar surface area (TPSA) is 32.8 Å². The van der Waals surface area contributed by atoms with Gasteiger partial charge in [-0.1, -0.05) is 17.7 Å². The summed E-state index contributed by atoms with van der Waals surface area (Å²) in [6.07, 6.45) is 0. The smallest absolute Gasteiger partial charge is 0.260 e. The standard InChI is InChI=1S/C14H19ClN2O2/c1-11-3-4-12(15)9-13(11)19-10-14(18)17-7-5-16(2)6-8-17/h3-4,9H,5-8,10H2,1-2H3. The average Bonchev–Trinajstić information content (AvgIpc) is 2.40. The van der Waals surface area contributed by atoms with E-state index < -0.39 is 0 Å². The summed E-state index contributed by atoms with van der Waals surface area (Å²) in [6, 6.07) is 5.44. The summed E-state index contributed by atoms with van der Waals surface area (Å²) in [7, 11) is 2.06. The largest absolute Gasteiger partial charge is 0.483 e. The number of hydrogen-bond donors (Lipinski definition) is 0. The van der Waals surface area contributed by atoms with E-state index in [9.17, 15) is 4.79 Å². The highest BCUT2D eigenvalue weighted by atomic mass is 35.5. The molecule has 5 heteroatoms. The molecule has 0 N–H and O–H groups in total. The lowest BCUT2D eigenvalue weighted by molar-refractivity contribution is -0.134. The molecule has 0 aliphatic carbocycles. The maximum atomic E-state index is 12.0. The summed E-state index contributed by atoms with van der Waals surface area (Å²) in [5.74, 6) is 0.711. The molecule has 19 heavy (non-hydrogen) atoms. The molecule has 0 atom stereocenters. The van der Waals surface area contributed by atoms with E-state index in [1.165, 1.54) is 0 Å². The van der Waals surface area contributed by atoms with Crippen LogP contribution in [0.4, 0.5) is 0 Å². The Morgan fingerprint density at radius 1 is 1.32 bits per heavy atom. The number of nitrogens with zero attached hydrogens (tertiary/aromatic N) is 2. The Bertz CT molecular complexity index is 457. The lowest BCUT2D eigenvalue weighted by Crippen LogP contribution is -2.48. The monoisotopic (exact) mass is 282 g/mol. The molecule has 1 amide bonds. The molecule has 1 aromatic carbocycles. The molecule has 2 rings (SSSR count). The second-order valence-corrected chi connectivity index (χ2v) is 5.32. The van der Waals surface area contributed by atoms with Gasteiger partial charge in [0.05, 0.1) is 0 Å². The van der Waals surface area contributed by atoms with E-state index in [1.54, 1.807) is 6.07 Å². The fraction of sp³-hybridized carbons (Fsp3) is 0.500. The molecule has 1 aromatic rings. The third kappa shape index (κ3) is 3.85. The van der Waals surface area contributed by atoms with Crippen molar-refractivity contribution in [2.75, 3.05) is 39.8 Å². The van der Waals surface area contributed by atoms with Crippen molar-refractivity contribution in [1.29, 1.82) is 0 Å². The quantitative estimate of drug-likeness (QED) is 0.848. The molecule has 1 aliphatic rings. The average molecular weight is 283 g/mol. The maximum Gasteiger partial charge on any atom is 0.260 e. The SMILES string of the molecule is Cc1ccc(Cl)cc1OCC(=O)N1CCN(C)CC1. The van der Waals surface area contributed by atoms with Crippen LogP contribution in [0.2, 0.25) is 5.02 Å². The third-order valence-electron chi connectivity index (χ3n) is 3.36. The Hall–Kier alpha value is -1.26. The lowest BCUT2D eigenvalue weighted by atomic mass is 10.2. The van der Waals surface area contributed by atoms with Crippen molar-refractivity contribution in [3.63, 3.8) is 0 Å². The van der Waals surface area contributed by atoms with E-state index in [2.05, 4.69) is 11.9 Å². The molecule has 0 radical (unpaired) electrons. The molecule has 1 fully saturated rings. The molecular weight excluding hydrogens is 264 g/mol. The number of amides is 1. The fourth-order valence-electron chi connectivity index (χ4n) is 2.02. The highest BCUT2D eigenvalue weighted by Gasteiger charge is 2.19. The second-order valence-electron chi connectivity index (χ2n) is 4.88. The lowest BCUT2D eigenvalue weighted by Gasteiger charge is -2.32. The number of carbonyl (C=O) groups is 1. The third-order valence-corrected chi connectivity index (χ3v) is 3.59. The molecular formula is C14H19ClN2O2. The van der Waals surface area contributed by atoms with Crippen LogP contribution in [0.15, 0.2) is 18.2 Å². The highest BCUT2D eigenvalue weighted by Crippen LogP contribution is 2.22. The number of likely N-dealkylation sites (N-methyl/N-ethyl adjacent to an activating group) is 1. The van der Waals surface area contributed by atoms with Crippen molar-refractivity contribution in [2.45, 2.75) is 6.92 Å². The Labute approximate surface area is 118 Å². The zero-order chi connectivity index (χ0) is 13.8. The molecule has 1 saturated heterocycles. The van der Waals surface area contributed by atoms with E-state index in [-0.39, 0.29) is 12.5 Å². The molecule has 1 heterocycles. The molecule has 4 nitrogen and oxygen atoms in total. The van der Waals surface area contributed by atoms with E-state index in [1.807, 2.05) is 24.0 Å². The first-order valence-corrected chi connectivity index (χ1v) is 6.79. The van der Waals surface area contributed by atoms with Gasteiger partial charge in [0.1, 0.15) is 5.75 Å². The van der Waals surface area contributed by atoms with Crippen LogP contribution in [0.25, 0.3) is 0 Å². The van der Waals surface area contributed by atoms with Gasteiger partial charge >= 0.3 is 0 Å². The number of hydrogen-bond acceptors (Lipinski definition) is 3. The van der Waals surface area contributed by atoms with Gasteiger partial charge in [-0.05, 0) is 31.7 Å². The van der Waals surface area contributed by atoms with E-state index in [0.717, 1.165) is 31.7 Å². The Morgan fingerprint density at radius 2 is 2.00 bits per heavy atom. The van der Waals surface area contributed by atoms with Crippen molar-refractivity contribution in [3.05, 3.63) is 28.8 Å². The summed E-state index contributed by atoms with van der Waals surface area (Å²) >= 11 is 5.92. The first kappa shape index (κ1) is 14.2. The summed E-state index contributed by atoms with van der Waals surface area (Å²) in [6.45, 7) is 5.39. The van der Waals surface area contributed by atoms with E-state index in [0.29, 0.717) is 10.8 Å². The van der Waals surface area contributed by atoms with Gasteiger partial charge in [0, 0.05) is 31.2 Å². The van der Waals surface area contributed by atoms with Crippen molar-refractivity contribution >= 4 is 17.5 Å². The predicted octanol–water partition coefficient (Wildman–Crippen LogP) is 1.80. The van der Waals surface area contributed by atoms with Gasteiger partial charge in [0.25, 0.3) is 5.91 Å². The number of aryl methyl sites for hydroxylation is 1. The minimum absolute atomic E-state index is 0.0347. The fourth-order valence-corrected chi connectivity index (χ4v) is 2.18.